The number of anilines is 1. The van der Waals surface area contributed by atoms with Crippen molar-refractivity contribution >= 4 is 33.3 Å². The summed E-state index contributed by atoms with van der Waals surface area (Å²) in [5.41, 5.74) is -0.121. The fraction of sp³-hybridized carbons (Fsp3) is 0.0714. The van der Waals surface area contributed by atoms with Crippen molar-refractivity contribution < 1.29 is 26.7 Å². The number of halogens is 3. The van der Waals surface area contributed by atoms with Gasteiger partial charge in [0.1, 0.15) is 10.6 Å². The number of urea groups is 1. The Morgan fingerprint density at radius 1 is 1.08 bits per heavy atom. The lowest BCUT2D eigenvalue weighted by molar-refractivity contribution is -0.0493. The van der Waals surface area contributed by atoms with Crippen molar-refractivity contribution in [2.45, 2.75) is 11.5 Å². The van der Waals surface area contributed by atoms with Gasteiger partial charge in [-0.1, -0.05) is 35.9 Å². The number of alkyl halides is 2. The second-order valence-electron chi connectivity index (χ2n) is 4.36. The summed E-state index contributed by atoms with van der Waals surface area (Å²) in [6, 6.07) is 9.72. The van der Waals surface area contributed by atoms with Gasteiger partial charge in [-0.2, -0.15) is 8.78 Å². The number of sulfonamides is 1. The summed E-state index contributed by atoms with van der Waals surface area (Å²) in [6.45, 7) is -3.09. The van der Waals surface area contributed by atoms with Gasteiger partial charge in [-0.25, -0.2) is 17.9 Å². The molecule has 2 rings (SSSR count). The maximum absolute atomic E-state index is 12.3. The monoisotopic (exact) mass is 376 g/mol. The predicted octanol–water partition coefficient (Wildman–Crippen LogP) is 3.45. The molecule has 2 N–H and O–H groups in total. The second kappa shape index (κ2) is 7.45. The fourth-order valence-corrected chi connectivity index (χ4v) is 3.18. The highest BCUT2D eigenvalue weighted by Crippen LogP contribution is 2.25. The van der Waals surface area contributed by atoms with E-state index in [2.05, 4.69) is 10.1 Å². The molecule has 0 fully saturated rings. The third-order valence-corrected chi connectivity index (χ3v) is 4.54. The van der Waals surface area contributed by atoms with E-state index in [0.717, 1.165) is 0 Å². The van der Waals surface area contributed by atoms with Gasteiger partial charge in [-0.05, 0) is 24.3 Å². The molecule has 0 aliphatic carbocycles. The van der Waals surface area contributed by atoms with Crippen LogP contribution in [0, 0.1) is 0 Å². The molecule has 2 aromatic carbocycles. The van der Waals surface area contributed by atoms with E-state index in [4.69, 9.17) is 11.6 Å². The Balaban J connectivity index is 2.16. The summed E-state index contributed by atoms with van der Waals surface area (Å²) in [4.78, 5) is 11.6. The van der Waals surface area contributed by atoms with Gasteiger partial charge in [-0.3, -0.25) is 0 Å². The van der Waals surface area contributed by atoms with Crippen molar-refractivity contribution in [2.75, 3.05) is 5.32 Å². The molecule has 0 aliphatic rings. The third-order valence-electron chi connectivity index (χ3n) is 2.70. The molecule has 128 valence electrons. The summed E-state index contributed by atoms with van der Waals surface area (Å²) in [5, 5.41) is 2.06. The van der Waals surface area contributed by atoms with E-state index in [1.807, 2.05) is 0 Å². The third kappa shape index (κ3) is 4.56. The number of hydrogen-bond acceptors (Lipinski definition) is 4. The highest BCUT2D eigenvalue weighted by Gasteiger charge is 2.21. The standard InChI is InChI=1S/C14H11ClF2N2O4S/c15-9-5-1-4-8-12(9)24(21,22)19-14(20)18-10-6-2-3-7-11(10)23-13(16)17/h1-8,13H,(H2,18,19,20). The first-order chi connectivity index (χ1) is 11.3. The SMILES string of the molecule is O=C(Nc1ccccc1OC(F)F)NS(=O)(=O)c1ccccc1Cl. The zero-order valence-corrected chi connectivity index (χ0v) is 13.4. The smallest absolute Gasteiger partial charge is 0.387 e. The van der Waals surface area contributed by atoms with Crippen molar-refractivity contribution in [3.05, 3.63) is 53.6 Å². The van der Waals surface area contributed by atoms with E-state index in [1.54, 1.807) is 4.72 Å². The Morgan fingerprint density at radius 3 is 2.38 bits per heavy atom. The van der Waals surface area contributed by atoms with Gasteiger partial charge >= 0.3 is 12.6 Å². The number of para-hydroxylation sites is 2. The Labute approximate surface area is 141 Å². The topological polar surface area (TPSA) is 84.5 Å². The molecule has 0 atom stereocenters. The molecular weight excluding hydrogens is 366 g/mol. The minimum Gasteiger partial charge on any atom is -0.433 e. The van der Waals surface area contributed by atoms with Crippen LogP contribution in [0.25, 0.3) is 0 Å². The van der Waals surface area contributed by atoms with E-state index in [1.165, 1.54) is 48.5 Å². The van der Waals surface area contributed by atoms with Gasteiger partial charge in [0.15, 0.2) is 0 Å². The van der Waals surface area contributed by atoms with E-state index >= 15 is 0 Å². The Bertz CT molecular complexity index is 846. The van der Waals surface area contributed by atoms with Gasteiger partial charge in [0.25, 0.3) is 10.0 Å². The van der Waals surface area contributed by atoms with Crippen LogP contribution in [0.2, 0.25) is 5.02 Å². The molecule has 0 aromatic heterocycles. The fourth-order valence-electron chi connectivity index (χ4n) is 1.76. The van der Waals surface area contributed by atoms with Crippen LogP contribution in [0.1, 0.15) is 0 Å². The number of ether oxygens (including phenoxy) is 1. The maximum atomic E-state index is 12.3. The lowest BCUT2D eigenvalue weighted by Crippen LogP contribution is -2.34. The summed E-state index contributed by atoms with van der Waals surface area (Å²) in [7, 11) is -4.23. The first-order valence-electron chi connectivity index (χ1n) is 6.42. The molecule has 0 heterocycles. The molecule has 0 aliphatic heterocycles. The predicted molar refractivity (Wildman–Crippen MR) is 83.9 cm³/mol. The Hall–Kier alpha value is -2.39. The Morgan fingerprint density at radius 2 is 1.71 bits per heavy atom. The molecule has 2 aromatic rings. The van der Waals surface area contributed by atoms with E-state index < -0.39 is 22.7 Å². The summed E-state index contributed by atoms with van der Waals surface area (Å²) in [6.07, 6.45) is 0. The molecule has 0 radical (unpaired) electrons. The molecule has 0 saturated heterocycles. The minimum absolute atomic E-state index is 0.0702. The van der Waals surface area contributed by atoms with Gasteiger partial charge in [0.2, 0.25) is 0 Å². The van der Waals surface area contributed by atoms with Crippen LogP contribution in [0.5, 0.6) is 5.75 Å². The molecule has 2 amide bonds. The van der Waals surface area contributed by atoms with Crippen LogP contribution >= 0.6 is 11.6 Å². The van der Waals surface area contributed by atoms with Crippen molar-refractivity contribution in [2.24, 2.45) is 0 Å². The number of benzene rings is 2. The number of carbonyl (C=O) groups is 1. The average molecular weight is 377 g/mol. The van der Waals surface area contributed by atoms with Crippen molar-refractivity contribution in [3.63, 3.8) is 0 Å². The summed E-state index contributed by atoms with van der Waals surface area (Å²) < 4.78 is 54.8. The second-order valence-corrected chi connectivity index (χ2v) is 6.42. The number of rotatable bonds is 5. The van der Waals surface area contributed by atoms with Crippen molar-refractivity contribution in [3.8, 4) is 5.75 Å². The van der Waals surface area contributed by atoms with E-state index in [-0.39, 0.29) is 21.4 Å². The maximum Gasteiger partial charge on any atom is 0.387 e. The van der Waals surface area contributed by atoms with Crippen LogP contribution in [0.4, 0.5) is 19.3 Å². The first kappa shape index (κ1) is 18.0. The van der Waals surface area contributed by atoms with E-state index in [0.29, 0.717) is 0 Å². The molecular formula is C14H11ClF2N2O4S. The summed E-state index contributed by atoms with van der Waals surface area (Å²) in [5.74, 6) is -0.308. The zero-order valence-electron chi connectivity index (χ0n) is 11.9. The van der Waals surface area contributed by atoms with Crippen LogP contribution in [-0.2, 0) is 10.0 Å². The van der Waals surface area contributed by atoms with Crippen LogP contribution < -0.4 is 14.8 Å². The van der Waals surface area contributed by atoms with Crippen molar-refractivity contribution in [1.82, 2.24) is 4.72 Å². The molecule has 10 heteroatoms. The lowest BCUT2D eigenvalue weighted by Gasteiger charge is -2.13. The molecule has 0 saturated carbocycles. The quantitative estimate of drug-likeness (QED) is 0.837. The van der Waals surface area contributed by atoms with Crippen LogP contribution in [-0.4, -0.2) is 21.1 Å². The van der Waals surface area contributed by atoms with Crippen LogP contribution in [0.15, 0.2) is 53.4 Å². The molecule has 6 nitrogen and oxygen atoms in total. The Kier molecular flexibility index (Phi) is 5.58. The largest absolute Gasteiger partial charge is 0.433 e. The van der Waals surface area contributed by atoms with Gasteiger partial charge in [0, 0.05) is 0 Å². The first-order valence-corrected chi connectivity index (χ1v) is 8.28. The molecule has 0 unspecified atom stereocenters. The summed E-state index contributed by atoms with van der Waals surface area (Å²) >= 11 is 5.78. The molecule has 0 bridgehead atoms. The normalized spacial score (nSPS) is 11.2. The highest BCUT2D eigenvalue weighted by molar-refractivity contribution is 7.90. The number of carbonyl (C=O) groups excluding carboxylic acids is 1. The zero-order chi connectivity index (χ0) is 17.7. The van der Waals surface area contributed by atoms with Gasteiger partial charge < -0.3 is 10.1 Å². The average Bonchev–Trinajstić information content (AvgIpc) is 2.48. The number of hydrogen-bond donors (Lipinski definition) is 2. The lowest BCUT2D eigenvalue weighted by atomic mass is 10.3. The van der Waals surface area contributed by atoms with Crippen LogP contribution in [0.3, 0.4) is 0 Å². The van der Waals surface area contributed by atoms with Gasteiger partial charge in [0.05, 0.1) is 10.7 Å². The highest BCUT2D eigenvalue weighted by atomic mass is 35.5. The van der Waals surface area contributed by atoms with Gasteiger partial charge in [-0.15, -0.1) is 0 Å². The molecule has 24 heavy (non-hydrogen) atoms. The number of nitrogens with one attached hydrogen (secondary N) is 2. The molecule has 0 spiro atoms. The van der Waals surface area contributed by atoms with E-state index in [9.17, 15) is 22.0 Å². The number of amides is 2. The van der Waals surface area contributed by atoms with Crippen molar-refractivity contribution in [1.29, 1.82) is 0 Å². The minimum atomic E-state index is -4.23.